The highest BCUT2D eigenvalue weighted by Gasteiger charge is 2.30. The Hall–Kier alpha value is -0.570. The summed E-state index contributed by atoms with van der Waals surface area (Å²) in [5.41, 5.74) is 1.28. The molecule has 19 heavy (non-hydrogen) atoms. The van der Waals surface area contributed by atoms with Crippen LogP contribution in [0.4, 0.5) is 0 Å². The van der Waals surface area contributed by atoms with Crippen LogP contribution in [0.5, 0.6) is 0 Å². The Balaban J connectivity index is 1.88. The normalized spacial score (nSPS) is 18.6. The molecule has 2 unspecified atom stereocenters. The summed E-state index contributed by atoms with van der Waals surface area (Å²) in [6, 6.07) is 9.27. The van der Waals surface area contributed by atoms with Gasteiger partial charge in [-0.3, -0.25) is 0 Å². The standard InChI is InChI=1S/C16H25ClN2/c1-12(13-7-8-13)19(3)10-9-16(18-2)14-5-4-6-15(17)11-14/h4-6,11-13,16,18H,7-10H2,1-3H3. The minimum Gasteiger partial charge on any atom is -0.313 e. The van der Waals surface area contributed by atoms with E-state index in [2.05, 4.69) is 36.3 Å². The molecule has 1 aromatic carbocycles. The van der Waals surface area contributed by atoms with E-state index in [1.165, 1.54) is 18.4 Å². The van der Waals surface area contributed by atoms with E-state index in [9.17, 15) is 0 Å². The summed E-state index contributed by atoms with van der Waals surface area (Å²) >= 11 is 6.07. The van der Waals surface area contributed by atoms with Gasteiger partial charge in [0.1, 0.15) is 0 Å². The van der Waals surface area contributed by atoms with Crippen LogP contribution in [0, 0.1) is 5.92 Å². The number of hydrogen-bond donors (Lipinski definition) is 1. The predicted molar refractivity (Wildman–Crippen MR) is 82.7 cm³/mol. The Kier molecular flexibility index (Phi) is 5.26. The molecule has 0 spiro atoms. The van der Waals surface area contributed by atoms with Gasteiger partial charge < -0.3 is 10.2 Å². The van der Waals surface area contributed by atoms with Crippen molar-refractivity contribution < 1.29 is 0 Å². The summed E-state index contributed by atoms with van der Waals surface area (Å²) in [4.78, 5) is 2.49. The summed E-state index contributed by atoms with van der Waals surface area (Å²) in [6.07, 6.45) is 3.94. The van der Waals surface area contributed by atoms with Crippen LogP contribution in [-0.4, -0.2) is 31.6 Å². The Morgan fingerprint density at radius 2 is 2.16 bits per heavy atom. The number of rotatable bonds is 7. The molecule has 1 aromatic rings. The van der Waals surface area contributed by atoms with Crippen molar-refractivity contribution in [2.45, 2.75) is 38.3 Å². The largest absolute Gasteiger partial charge is 0.313 e. The molecule has 0 amide bonds. The van der Waals surface area contributed by atoms with Gasteiger partial charge in [-0.15, -0.1) is 0 Å². The van der Waals surface area contributed by atoms with E-state index in [-0.39, 0.29) is 0 Å². The van der Waals surface area contributed by atoms with Crippen LogP contribution in [0.1, 0.15) is 37.8 Å². The summed E-state index contributed by atoms with van der Waals surface area (Å²) in [7, 11) is 4.27. The molecule has 0 bridgehead atoms. The zero-order valence-electron chi connectivity index (χ0n) is 12.2. The fourth-order valence-electron chi connectivity index (χ4n) is 2.68. The van der Waals surface area contributed by atoms with Gasteiger partial charge in [0.15, 0.2) is 0 Å². The molecule has 0 radical (unpaired) electrons. The topological polar surface area (TPSA) is 15.3 Å². The van der Waals surface area contributed by atoms with Crippen LogP contribution in [0.3, 0.4) is 0 Å². The predicted octanol–water partition coefficient (Wildman–Crippen LogP) is 3.72. The lowest BCUT2D eigenvalue weighted by Crippen LogP contribution is -2.33. The highest BCUT2D eigenvalue weighted by atomic mass is 35.5. The van der Waals surface area contributed by atoms with Gasteiger partial charge in [-0.25, -0.2) is 0 Å². The lowest BCUT2D eigenvalue weighted by Gasteiger charge is -2.27. The molecule has 3 heteroatoms. The third-order valence-corrected chi connectivity index (χ3v) is 4.60. The first-order valence-corrected chi connectivity index (χ1v) is 7.62. The van der Waals surface area contributed by atoms with Crippen LogP contribution >= 0.6 is 11.6 Å². The molecule has 0 aromatic heterocycles. The zero-order valence-corrected chi connectivity index (χ0v) is 13.0. The smallest absolute Gasteiger partial charge is 0.0409 e. The molecule has 0 aliphatic heterocycles. The summed E-state index contributed by atoms with van der Waals surface area (Å²) in [6.45, 7) is 3.47. The third-order valence-electron chi connectivity index (χ3n) is 4.37. The molecule has 2 atom stereocenters. The van der Waals surface area contributed by atoms with E-state index in [0.717, 1.165) is 29.9 Å². The van der Waals surface area contributed by atoms with Crippen LogP contribution < -0.4 is 5.32 Å². The van der Waals surface area contributed by atoms with E-state index in [0.29, 0.717) is 6.04 Å². The van der Waals surface area contributed by atoms with Crippen molar-refractivity contribution in [1.29, 1.82) is 0 Å². The van der Waals surface area contributed by atoms with E-state index >= 15 is 0 Å². The van der Waals surface area contributed by atoms with Crippen LogP contribution in [0.15, 0.2) is 24.3 Å². The first-order chi connectivity index (χ1) is 9.11. The zero-order chi connectivity index (χ0) is 13.8. The quantitative estimate of drug-likeness (QED) is 0.819. The summed E-state index contributed by atoms with van der Waals surface area (Å²) < 4.78 is 0. The maximum absolute atomic E-state index is 6.07. The van der Waals surface area contributed by atoms with Crippen molar-refractivity contribution in [2.75, 3.05) is 20.6 Å². The minimum atomic E-state index is 0.382. The number of nitrogens with zero attached hydrogens (tertiary/aromatic N) is 1. The van der Waals surface area contributed by atoms with Gasteiger partial charge in [0.2, 0.25) is 0 Å². The Morgan fingerprint density at radius 1 is 1.42 bits per heavy atom. The maximum Gasteiger partial charge on any atom is 0.0409 e. The van der Waals surface area contributed by atoms with Crippen molar-refractivity contribution in [3.8, 4) is 0 Å². The van der Waals surface area contributed by atoms with Gasteiger partial charge in [-0.2, -0.15) is 0 Å². The van der Waals surface area contributed by atoms with Gasteiger partial charge >= 0.3 is 0 Å². The van der Waals surface area contributed by atoms with Crippen molar-refractivity contribution in [2.24, 2.45) is 5.92 Å². The second kappa shape index (κ2) is 6.74. The molecule has 0 saturated heterocycles. The molecule has 1 aliphatic rings. The monoisotopic (exact) mass is 280 g/mol. The van der Waals surface area contributed by atoms with Crippen LogP contribution in [0.2, 0.25) is 5.02 Å². The highest BCUT2D eigenvalue weighted by molar-refractivity contribution is 6.30. The van der Waals surface area contributed by atoms with Gasteiger partial charge in [0.25, 0.3) is 0 Å². The first kappa shape index (κ1) is 14.8. The van der Waals surface area contributed by atoms with E-state index < -0.39 is 0 Å². The lowest BCUT2D eigenvalue weighted by atomic mass is 10.0. The molecular formula is C16H25ClN2. The van der Waals surface area contributed by atoms with Gasteiger partial charge in [-0.05, 0) is 70.4 Å². The number of nitrogens with one attached hydrogen (secondary N) is 1. The molecule has 1 N–H and O–H groups in total. The lowest BCUT2D eigenvalue weighted by molar-refractivity contribution is 0.223. The van der Waals surface area contributed by atoms with Gasteiger partial charge in [-0.1, -0.05) is 23.7 Å². The first-order valence-electron chi connectivity index (χ1n) is 7.24. The minimum absolute atomic E-state index is 0.382. The molecule has 1 saturated carbocycles. The molecule has 1 fully saturated rings. The molecule has 106 valence electrons. The Bertz CT molecular complexity index is 403. The fraction of sp³-hybridized carbons (Fsp3) is 0.625. The van der Waals surface area contributed by atoms with E-state index in [1.807, 2.05) is 19.2 Å². The van der Waals surface area contributed by atoms with Crippen molar-refractivity contribution in [3.63, 3.8) is 0 Å². The van der Waals surface area contributed by atoms with Crippen molar-refractivity contribution >= 4 is 11.6 Å². The van der Waals surface area contributed by atoms with E-state index in [4.69, 9.17) is 11.6 Å². The molecule has 0 heterocycles. The average molecular weight is 281 g/mol. The molecule has 1 aliphatic carbocycles. The second-order valence-electron chi connectivity index (χ2n) is 5.74. The summed E-state index contributed by atoms with van der Waals surface area (Å²) in [5, 5.41) is 4.22. The summed E-state index contributed by atoms with van der Waals surface area (Å²) in [5.74, 6) is 0.934. The van der Waals surface area contributed by atoms with Crippen molar-refractivity contribution in [1.82, 2.24) is 10.2 Å². The number of halogens is 1. The van der Waals surface area contributed by atoms with E-state index in [1.54, 1.807) is 0 Å². The number of benzene rings is 1. The molecular weight excluding hydrogens is 256 g/mol. The van der Waals surface area contributed by atoms with Crippen LogP contribution in [-0.2, 0) is 0 Å². The fourth-order valence-corrected chi connectivity index (χ4v) is 2.87. The third kappa shape index (κ3) is 4.20. The highest BCUT2D eigenvalue weighted by Crippen LogP contribution is 2.34. The number of hydrogen-bond acceptors (Lipinski definition) is 2. The van der Waals surface area contributed by atoms with Gasteiger partial charge in [0.05, 0.1) is 0 Å². The molecule has 2 nitrogen and oxygen atoms in total. The average Bonchev–Trinajstić information content (AvgIpc) is 3.22. The molecule has 2 rings (SSSR count). The Labute approximate surface area is 122 Å². The Morgan fingerprint density at radius 3 is 2.74 bits per heavy atom. The second-order valence-corrected chi connectivity index (χ2v) is 6.18. The van der Waals surface area contributed by atoms with Crippen LogP contribution in [0.25, 0.3) is 0 Å². The maximum atomic E-state index is 6.07. The SMILES string of the molecule is CNC(CCN(C)C(C)C1CC1)c1cccc(Cl)c1. The van der Waals surface area contributed by atoms with Crippen molar-refractivity contribution in [3.05, 3.63) is 34.9 Å². The van der Waals surface area contributed by atoms with Gasteiger partial charge in [0, 0.05) is 17.1 Å².